The van der Waals surface area contributed by atoms with Gasteiger partial charge in [0.25, 0.3) is 6.43 Å². The second-order valence-corrected chi connectivity index (χ2v) is 4.40. The second kappa shape index (κ2) is 4.13. The lowest BCUT2D eigenvalue weighted by Gasteiger charge is -2.23. The van der Waals surface area contributed by atoms with E-state index in [1.54, 1.807) is 6.07 Å². The molecule has 0 aliphatic heterocycles. The van der Waals surface area contributed by atoms with Gasteiger partial charge < -0.3 is 5.11 Å². The lowest BCUT2D eigenvalue weighted by molar-refractivity contribution is -0.0882. The van der Waals surface area contributed by atoms with Gasteiger partial charge in [-0.25, -0.2) is 8.78 Å². The molecule has 0 fully saturated rings. The Bertz CT molecular complexity index is 342. The second-order valence-electron chi connectivity index (χ2n) is 3.07. The summed E-state index contributed by atoms with van der Waals surface area (Å²) >= 11 is 8.88. The summed E-state index contributed by atoms with van der Waals surface area (Å²) < 4.78 is 25.6. The zero-order valence-electron chi connectivity index (χ0n) is 7.27. The number of aliphatic hydroxyl groups is 1. The fourth-order valence-corrected chi connectivity index (χ4v) is 1.88. The van der Waals surface area contributed by atoms with Crippen molar-refractivity contribution in [2.45, 2.75) is 19.0 Å². The first kappa shape index (κ1) is 11.9. The molecule has 0 saturated heterocycles. The number of benzene rings is 1. The van der Waals surface area contributed by atoms with E-state index in [1.807, 2.05) is 0 Å². The minimum absolute atomic E-state index is 0.0253. The fourth-order valence-electron chi connectivity index (χ4n) is 1.02. The Kier molecular flexibility index (Phi) is 3.50. The normalized spacial score (nSPS) is 15.6. The zero-order valence-corrected chi connectivity index (χ0v) is 9.61. The van der Waals surface area contributed by atoms with Crippen LogP contribution in [0.2, 0.25) is 5.02 Å². The predicted molar refractivity (Wildman–Crippen MR) is 54.7 cm³/mol. The minimum atomic E-state index is -2.87. The molecule has 0 bridgehead atoms. The highest BCUT2D eigenvalue weighted by molar-refractivity contribution is 9.10. The maximum atomic E-state index is 12.5. The van der Waals surface area contributed by atoms with Crippen molar-refractivity contribution in [3.05, 3.63) is 33.3 Å². The first-order valence-corrected chi connectivity index (χ1v) is 4.99. The van der Waals surface area contributed by atoms with Gasteiger partial charge in [0.15, 0.2) is 0 Å². The van der Waals surface area contributed by atoms with E-state index in [0.717, 1.165) is 6.92 Å². The van der Waals surface area contributed by atoms with Gasteiger partial charge in [-0.3, -0.25) is 0 Å². The topological polar surface area (TPSA) is 20.2 Å². The first-order valence-electron chi connectivity index (χ1n) is 3.81. The van der Waals surface area contributed by atoms with Crippen molar-refractivity contribution in [3.8, 4) is 0 Å². The Morgan fingerprint density at radius 2 is 2.07 bits per heavy atom. The summed E-state index contributed by atoms with van der Waals surface area (Å²) in [6.45, 7) is 1.03. The van der Waals surface area contributed by atoms with Gasteiger partial charge in [0.05, 0.1) is 0 Å². The Hall–Kier alpha value is -0.190. The Balaban J connectivity index is 3.19. The lowest BCUT2D eigenvalue weighted by Crippen LogP contribution is -2.30. The van der Waals surface area contributed by atoms with Crippen molar-refractivity contribution in [2.24, 2.45) is 0 Å². The molecule has 1 nitrogen and oxygen atoms in total. The highest BCUT2D eigenvalue weighted by Crippen LogP contribution is 2.34. The molecule has 0 aliphatic carbocycles. The van der Waals surface area contributed by atoms with Crippen LogP contribution < -0.4 is 0 Å². The standard InChI is InChI=1S/C9H8BrClF2O/c1-9(14,8(12)13)6-3-2-5(10)4-7(6)11/h2-4,8,14H,1H3. The van der Waals surface area contributed by atoms with Gasteiger partial charge in [-0.05, 0) is 19.1 Å². The molecular formula is C9H8BrClF2O. The molecule has 5 heteroatoms. The Morgan fingerprint density at radius 3 is 2.50 bits per heavy atom. The highest BCUT2D eigenvalue weighted by atomic mass is 79.9. The average Bonchev–Trinajstić information content (AvgIpc) is 2.02. The molecule has 1 unspecified atom stereocenters. The van der Waals surface area contributed by atoms with E-state index in [1.165, 1.54) is 12.1 Å². The molecule has 0 radical (unpaired) electrons. The largest absolute Gasteiger partial charge is 0.379 e. The van der Waals surface area contributed by atoms with Gasteiger partial charge in [0, 0.05) is 15.1 Å². The number of hydrogen-bond acceptors (Lipinski definition) is 1. The summed E-state index contributed by atoms with van der Waals surface area (Å²) in [5.41, 5.74) is -2.19. The van der Waals surface area contributed by atoms with E-state index >= 15 is 0 Å². The van der Waals surface area contributed by atoms with Crippen molar-refractivity contribution in [2.75, 3.05) is 0 Å². The summed E-state index contributed by atoms with van der Waals surface area (Å²) in [6.07, 6.45) is -2.87. The van der Waals surface area contributed by atoms with Crippen LogP contribution in [0.15, 0.2) is 22.7 Å². The maximum Gasteiger partial charge on any atom is 0.270 e. The molecule has 0 saturated carbocycles. The van der Waals surface area contributed by atoms with Crippen LogP contribution in [0, 0.1) is 0 Å². The van der Waals surface area contributed by atoms with E-state index in [9.17, 15) is 13.9 Å². The van der Waals surface area contributed by atoms with Gasteiger partial charge >= 0.3 is 0 Å². The van der Waals surface area contributed by atoms with Crippen LogP contribution in [0.1, 0.15) is 12.5 Å². The average molecular weight is 286 g/mol. The maximum absolute atomic E-state index is 12.5. The molecular weight excluding hydrogens is 277 g/mol. The van der Waals surface area contributed by atoms with Crippen molar-refractivity contribution >= 4 is 27.5 Å². The van der Waals surface area contributed by atoms with Crippen molar-refractivity contribution in [1.82, 2.24) is 0 Å². The van der Waals surface area contributed by atoms with Gasteiger partial charge in [-0.1, -0.05) is 33.6 Å². The van der Waals surface area contributed by atoms with Crippen molar-refractivity contribution in [1.29, 1.82) is 0 Å². The summed E-state index contributed by atoms with van der Waals surface area (Å²) in [7, 11) is 0. The third-order valence-electron chi connectivity index (χ3n) is 1.90. The number of rotatable bonds is 2. The number of halogens is 4. The third-order valence-corrected chi connectivity index (χ3v) is 2.71. The molecule has 1 aromatic carbocycles. The van der Waals surface area contributed by atoms with Gasteiger partial charge in [0.2, 0.25) is 0 Å². The fraction of sp³-hybridized carbons (Fsp3) is 0.333. The molecule has 1 atom stereocenters. The molecule has 0 spiro atoms. The third kappa shape index (κ3) is 2.24. The van der Waals surface area contributed by atoms with E-state index in [4.69, 9.17) is 11.6 Å². The lowest BCUT2D eigenvalue weighted by atomic mass is 9.97. The zero-order chi connectivity index (χ0) is 10.9. The number of alkyl halides is 2. The van der Waals surface area contributed by atoms with Crippen LogP contribution in [0.25, 0.3) is 0 Å². The Morgan fingerprint density at radius 1 is 1.50 bits per heavy atom. The minimum Gasteiger partial charge on any atom is -0.379 e. The van der Waals surface area contributed by atoms with Crippen LogP contribution in [0.3, 0.4) is 0 Å². The van der Waals surface area contributed by atoms with Crippen LogP contribution in [0.4, 0.5) is 8.78 Å². The summed E-state index contributed by atoms with van der Waals surface area (Å²) in [6, 6.07) is 4.39. The molecule has 78 valence electrons. The smallest absolute Gasteiger partial charge is 0.270 e. The number of hydrogen-bond donors (Lipinski definition) is 1. The van der Waals surface area contributed by atoms with Crippen LogP contribution >= 0.6 is 27.5 Å². The van der Waals surface area contributed by atoms with Gasteiger partial charge in [0.1, 0.15) is 5.60 Å². The van der Waals surface area contributed by atoms with Gasteiger partial charge in [-0.15, -0.1) is 0 Å². The van der Waals surface area contributed by atoms with E-state index in [2.05, 4.69) is 15.9 Å². The molecule has 0 amide bonds. The van der Waals surface area contributed by atoms with Crippen LogP contribution in [-0.4, -0.2) is 11.5 Å². The van der Waals surface area contributed by atoms with Crippen molar-refractivity contribution in [3.63, 3.8) is 0 Å². The molecule has 1 rings (SSSR count). The predicted octanol–water partition coefficient (Wildman–Crippen LogP) is 3.58. The molecule has 0 aliphatic rings. The summed E-state index contributed by atoms with van der Waals surface area (Å²) in [4.78, 5) is 0. The van der Waals surface area contributed by atoms with Crippen molar-refractivity contribution < 1.29 is 13.9 Å². The molecule has 0 aromatic heterocycles. The Labute approximate surface area is 93.8 Å². The van der Waals surface area contributed by atoms with E-state index < -0.39 is 12.0 Å². The van der Waals surface area contributed by atoms with Gasteiger partial charge in [-0.2, -0.15) is 0 Å². The molecule has 1 N–H and O–H groups in total. The quantitative estimate of drug-likeness (QED) is 0.880. The van der Waals surface area contributed by atoms with Crippen LogP contribution in [0.5, 0.6) is 0 Å². The van der Waals surface area contributed by atoms with Crippen LogP contribution in [-0.2, 0) is 5.60 Å². The summed E-state index contributed by atoms with van der Waals surface area (Å²) in [5, 5.41) is 9.60. The summed E-state index contributed by atoms with van der Waals surface area (Å²) in [5.74, 6) is 0. The first-order chi connectivity index (χ1) is 6.35. The molecule has 14 heavy (non-hydrogen) atoms. The SMILES string of the molecule is CC(O)(c1ccc(Br)cc1Cl)C(F)F. The van der Waals surface area contributed by atoms with E-state index in [0.29, 0.717) is 4.47 Å². The highest BCUT2D eigenvalue weighted by Gasteiger charge is 2.35. The monoisotopic (exact) mass is 284 g/mol. The van der Waals surface area contributed by atoms with E-state index in [-0.39, 0.29) is 10.6 Å². The molecule has 1 aromatic rings. The molecule has 0 heterocycles.